The Labute approximate surface area is 114 Å². The number of hydrogen-bond acceptors (Lipinski definition) is 2. The average molecular weight is 269 g/mol. The van der Waals surface area contributed by atoms with Gasteiger partial charge in [-0.25, -0.2) is 0 Å². The third-order valence-electron chi connectivity index (χ3n) is 2.84. The van der Waals surface area contributed by atoms with Gasteiger partial charge in [0.15, 0.2) is 0 Å². The second-order valence-electron chi connectivity index (χ2n) is 4.71. The molecule has 1 atom stereocenters. The minimum atomic E-state index is -0.165. The van der Waals surface area contributed by atoms with Gasteiger partial charge >= 0.3 is 0 Å². The van der Waals surface area contributed by atoms with Crippen molar-refractivity contribution < 1.29 is 4.79 Å². The minimum absolute atomic E-state index is 0.0423. The molecule has 0 saturated carbocycles. The van der Waals surface area contributed by atoms with Crippen LogP contribution in [0.5, 0.6) is 0 Å². The summed E-state index contributed by atoms with van der Waals surface area (Å²) in [5.41, 5.74) is 6.37. The van der Waals surface area contributed by atoms with Crippen molar-refractivity contribution in [2.75, 3.05) is 13.1 Å². The van der Waals surface area contributed by atoms with Crippen molar-refractivity contribution in [3.8, 4) is 0 Å². The number of carbonyl (C=O) groups is 1. The molecule has 18 heavy (non-hydrogen) atoms. The first kappa shape index (κ1) is 15.0. The first-order chi connectivity index (χ1) is 8.56. The van der Waals surface area contributed by atoms with E-state index in [1.165, 1.54) is 0 Å². The molecule has 0 aliphatic heterocycles. The zero-order valence-electron chi connectivity index (χ0n) is 10.9. The monoisotopic (exact) mass is 268 g/mol. The van der Waals surface area contributed by atoms with Gasteiger partial charge in [0.2, 0.25) is 5.91 Å². The van der Waals surface area contributed by atoms with Gasteiger partial charge in [0.25, 0.3) is 0 Å². The third kappa shape index (κ3) is 4.31. The van der Waals surface area contributed by atoms with Crippen LogP contribution in [0.15, 0.2) is 24.3 Å². The molecule has 1 unspecified atom stereocenters. The Morgan fingerprint density at radius 3 is 2.72 bits per heavy atom. The highest BCUT2D eigenvalue weighted by Gasteiger charge is 2.23. The van der Waals surface area contributed by atoms with E-state index < -0.39 is 0 Å². The topological polar surface area (TPSA) is 55.1 Å². The fourth-order valence-corrected chi connectivity index (χ4v) is 2.16. The first-order valence-corrected chi connectivity index (χ1v) is 6.67. The van der Waals surface area contributed by atoms with Gasteiger partial charge in [0, 0.05) is 11.6 Å². The van der Waals surface area contributed by atoms with Crippen molar-refractivity contribution in [2.45, 2.75) is 26.2 Å². The molecular weight excluding hydrogens is 248 g/mol. The van der Waals surface area contributed by atoms with E-state index in [-0.39, 0.29) is 17.7 Å². The Balaban J connectivity index is 2.79. The van der Waals surface area contributed by atoms with Crippen molar-refractivity contribution >= 4 is 17.5 Å². The van der Waals surface area contributed by atoms with Crippen LogP contribution in [0.25, 0.3) is 0 Å². The molecule has 0 saturated heterocycles. The number of nitrogens with two attached hydrogens (primary N) is 1. The molecule has 0 aliphatic rings. The molecule has 0 radical (unpaired) electrons. The summed E-state index contributed by atoms with van der Waals surface area (Å²) >= 11 is 5.98. The number of halogens is 1. The number of nitrogens with one attached hydrogen (secondary N) is 1. The normalized spacial score (nSPS) is 12.5. The summed E-state index contributed by atoms with van der Waals surface area (Å²) < 4.78 is 0. The van der Waals surface area contributed by atoms with Crippen molar-refractivity contribution in [2.24, 2.45) is 11.7 Å². The third-order valence-corrected chi connectivity index (χ3v) is 3.07. The van der Waals surface area contributed by atoms with E-state index in [1.807, 2.05) is 38.1 Å². The maximum Gasteiger partial charge on any atom is 0.227 e. The van der Waals surface area contributed by atoms with Gasteiger partial charge in [0.05, 0.1) is 5.92 Å². The highest BCUT2D eigenvalue weighted by atomic mass is 35.5. The predicted molar refractivity (Wildman–Crippen MR) is 75.7 cm³/mol. The van der Waals surface area contributed by atoms with E-state index in [4.69, 9.17) is 17.3 Å². The SMILES string of the molecule is CC(C)C(C(=O)NCCCN)c1cccc(Cl)c1. The lowest BCUT2D eigenvalue weighted by Crippen LogP contribution is -2.33. The lowest BCUT2D eigenvalue weighted by Gasteiger charge is -2.21. The highest BCUT2D eigenvalue weighted by molar-refractivity contribution is 6.30. The zero-order chi connectivity index (χ0) is 13.5. The number of hydrogen-bond donors (Lipinski definition) is 2. The lowest BCUT2D eigenvalue weighted by molar-refractivity contribution is -0.123. The van der Waals surface area contributed by atoms with Gasteiger partial charge in [-0.05, 0) is 36.6 Å². The molecule has 0 bridgehead atoms. The summed E-state index contributed by atoms with van der Waals surface area (Å²) in [6.07, 6.45) is 0.798. The van der Waals surface area contributed by atoms with Crippen molar-refractivity contribution in [3.05, 3.63) is 34.9 Å². The van der Waals surface area contributed by atoms with Gasteiger partial charge in [-0.3, -0.25) is 4.79 Å². The van der Waals surface area contributed by atoms with Crippen LogP contribution >= 0.6 is 11.6 Å². The number of amides is 1. The van der Waals surface area contributed by atoms with Gasteiger partial charge in [0.1, 0.15) is 0 Å². The zero-order valence-corrected chi connectivity index (χ0v) is 11.7. The molecule has 1 rings (SSSR count). The Morgan fingerprint density at radius 2 is 2.17 bits per heavy atom. The lowest BCUT2D eigenvalue weighted by atomic mass is 9.87. The van der Waals surface area contributed by atoms with Crippen molar-refractivity contribution in [1.82, 2.24) is 5.32 Å². The molecule has 0 aromatic heterocycles. The fourth-order valence-electron chi connectivity index (χ4n) is 1.96. The summed E-state index contributed by atoms with van der Waals surface area (Å²) in [5, 5.41) is 3.58. The smallest absolute Gasteiger partial charge is 0.227 e. The number of rotatable bonds is 6. The van der Waals surface area contributed by atoms with E-state index in [1.54, 1.807) is 0 Å². The van der Waals surface area contributed by atoms with E-state index in [9.17, 15) is 4.79 Å². The standard InChI is InChI=1S/C14H21ClN2O/c1-10(2)13(14(18)17-8-4-7-16)11-5-3-6-12(15)9-11/h3,5-6,9-10,13H,4,7-8,16H2,1-2H3,(H,17,18). The summed E-state index contributed by atoms with van der Waals surface area (Å²) in [4.78, 5) is 12.2. The van der Waals surface area contributed by atoms with Crippen LogP contribution in [-0.2, 0) is 4.79 Å². The summed E-state index contributed by atoms with van der Waals surface area (Å²) in [5.74, 6) is 0.100. The highest BCUT2D eigenvalue weighted by Crippen LogP contribution is 2.26. The summed E-state index contributed by atoms with van der Waals surface area (Å²) in [7, 11) is 0. The summed E-state index contributed by atoms with van der Waals surface area (Å²) in [6, 6.07) is 7.49. The molecule has 0 fully saturated rings. The predicted octanol–water partition coefficient (Wildman–Crippen LogP) is 2.54. The van der Waals surface area contributed by atoms with Crippen LogP contribution in [0.3, 0.4) is 0 Å². The second kappa shape index (κ2) is 7.39. The molecule has 100 valence electrons. The number of carbonyl (C=O) groups excluding carboxylic acids is 1. The first-order valence-electron chi connectivity index (χ1n) is 6.29. The average Bonchev–Trinajstić information content (AvgIpc) is 2.29. The molecule has 3 nitrogen and oxygen atoms in total. The Bertz CT molecular complexity index is 393. The van der Waals surface area contributed by atoms with Gasteiger partial charge in [-0.2, -0.15) is 0 Å². The molecule has 3 N–H and O–H groups in total. The quantitative estimate of drug-likeness (QED) is 0.779. The number of benzene rings is 1. The molecule has 0 spiro atoms. The van der Waals surface area contributed by atoms with Crippen LogP contribution in [0.2, 0.25) is 5.02 Å². The van der Waals surface area contributed by atoms with Crippen molar-refractivity contribution in [1.29, 1.82) is 0 Å². The second-order valence-corrected chi connectivity index (χ2v) is 5.15. The van der Waals surface area contributed by atoms with E-state index >= 15 is 0 Å². The minimum Gasteiger partial charge on any atom is -0.356 e. The Hall–Kier alpha value is -1.06. The van der Waals surface area contributed by atoms with E-state index in [0.717, 1.165) is 12.0 Å². The van der Waals surface area contributed by atoms with Gasteiger partial charge < -0.3 is 11.1 Å². The molecule has 1 aromatic carbocycles. The maximum absolute atomic E-state index is 12.2. The van der Waals surface area contributed by atoms with Crippen LogP contribution in [0.4, 0.5) is 0 Å². The summed E-state index contributed by atoms with van der Waals surface area (Å²) in [6.45, 7) is 5.28. The van der Waals surface area contributed by atoms with Crippen LogP contribution in [0, 0.1) is 5.92 Å². The molecule has 1 aromatic rings. The largest absolute Gasteiger partial charge is 0.356 e. The molecule has 0 heterocycles. The van der Waals surface area contributed by atoms with E-state index in [2.05, 4.69) is 5.32 Å². The van der Waals surface area contributed by atoms with E-state index in [0.29, 0.717) is 18.1 Å². The van der Waals surface area contributed by atoms with Gasteiger partial charge in [-0.1, -0.05) is 37.6 Å². The molecule has 4 heteroatoms. The Morgan fingerprint density at radius 1 is 1.44 bits per heavy atom. The van der Waals surface area contributed by atoms with Crippen LogP contribution in [0.1, 0.15) is 31.7 Å². The molecular formula is C14H21ClN2O. The Kier molecular flexibility index (Phi) is 6.16. The van der Waals surface area contributed by atoms with Crippen molar-refractivity contribution in [3.63, 3.8) is 0 Å². The molecule has 0 aliphatic carbocycles. The maximum atomic E-state index is 12.2. The van der Waals surface area contributed by atoms with Crippen LogP contribution in [-0.4, -0.2) is 19.0 Å². The van der Waals surface area contributed by atoms with Gasteiger partial charge in [-0.15, -0.1) is 0 Å². The van der Waals surface area contributed by atoms with Crippen LogP contribution < -0.4 is 11.1 Å². The fraction of sp³-hybridized carbons (Fsp3) is 0.500. The molecule has 1 amide bonds.